The van der Waals surface area contributed by atoms with Gasteiger partial charge in [0.25, 0.3) is 5.91 Å². The highest BCUT2D eigenvalue weighted by Gasteiger charge is 2.38. The van der Waals surface area contributed by atoms with Crippen LogP contribution in [0.15, 0.2) is 24.0 Å². The zero-order valence-corrected chi connectivity index (χ0v) is 16.1. The summed E-state index contributed by atoms with van der Waals surface area (Å²) in [5.41, 5.74) is 1.15. The Balaban J connectivity index is 2.40. The van der Waals surface area contributed by atoms with Crippen molar-refractivity contribution in [1.82, 2.24) is 4.90 Å². The number of nitrogens with zero attached hydrogens (tertiary/aromatic N) is 1. The van der Waals surface area contributed by atoms with E-state index in [1.807, 2.05) is 13.2 Å². The quantitative estimate of drug-likeness (QED) is 0.413. The average molecular weight is 340 g/mol. The highest BCUT2D eigenvalue weighted by atomic mass is 28.4. The molecule has 0 spiro atoms. The fourth-order valence-corrected chi connectivity index (χ4v) is 2.51. The molecule has 5 nitrogen and oxygen atoms in total. The molecule has 130 valence electrons. The van der Waals surface area contributed by atoms with Gasteiger partial charge in [0.15, 0.2) is 0 Å². The molecular weight excluding hydrogens is 310 g/mol. The summed E-state index contributed by atoms with van der Waals surface area (Å²) in [6.45, 7) is 13.7. The Kier molecular flexibility index (Phi) is 6.62. The third-order valence-corrected chi connectivity index (χ3v) is 8.67. The number of ether oxygens (including phenoxy) is 1. The smallest absolute Gasteiger partial charge is 0.416 e. The highest BCUT2D eigenvalue weighted by molar-refractivity contribution is 6.74. The summed E-state index contributed by atoms with van der Waals surface area (Å²) >= 11 is 0. The van der Waals surface area contributed by atoms with Crippen molar-refractivity contribution in [3.05, 3.63) is 24.0 Å². The van der Waals surface area contributed by atoms with Crippen LogP contribution in [0.5, 0.6) is 0 Å². The average Bonchev–Trinajstić information content (AvgIpc) is 2.86. The van der Waals surface area contributed by atoms with Crippen LogP contribution in [-0.2, 0) is 14.0 Å². The van der Waals surface area contributed by atoms with Gasteiger partial charge in [-0.05, 0) is 49.5 Å². The van der Waals surface area contributed by atoms with E-state index >= 15 is 0 Å². The fourth-order valence-electron chi connectivity index (χ4n) is 1.66. The number of hydrogen-bond acceptors (Lipinski definition) is 4. The first-order valence-electron chi connectivity index (χ1n) is 8.03. The highest BCUT2D eigenvalue weighted by Crippen LogP contribution is 2.36. The van der Waals surface area contributed by atoms with E-state index in [1.165, 1.54) is 6.08 Å². The molecule has 0 N–H and O–H groups in total. The summed E-state index contributed by atoms with van der Waals surface area (Å²) in [5, 5.41) is 0.181. The lowest BCUT2D eigenvalue weighted by Crippen LogP contribution is -2.39. The van der Waals surface area contributed by atoms with Crippen LogP contribution in [0.2, 0.25) is 18.1 Å². The minimum atomic E-state index is -1.77. The number of amides is 2. The Morgan fingerprint density at radius 2 is 2.04 bits per heavy atom. The third-order valence-electron chi connectivity index (χ3n) is 4.35. The lowest BCUT2D eigenvalue weighted by molar-refractivity contribution is -0.122. The van der Waals surface area contributed by atoms with Crippen LogP contribution < -0.4 is 0 Å². The normalized spacial score (nSPS) is 16.9. The molecule has 0 aromatic carbocycles. The van der Waals surface area contributed by atoms with Gasteiger partial charge in [0.2, 0.25) is 8.32 Å². The molecule has 0 atom stereocenters. The van der Waals surface area contributed by atoms with Gasteiger partial charge in [-0.15, -0.1) is 0 Å². The van der Waals surface area contributed by atoms with E-state index in [9.17, 15) is 9.59 Å². The second kappa shape index (κ2) is 7.81. The van der Waals surface area contributed by atoms with E-state index in [2.05, 4.69) is 33.9 Å². The van der Waals surface area contributed by atoms with Crippen LogP contribution in [0.25, 0.3) is 0 Å². The van der Waals surface area contributed by atoms with E-state index in [4.69, 9.17) is 9.16 Å². The summed E-state index contributed by atoms with van der Waals surface area (Å²) in [6.07, 6.45) is 6.09. The maximum absolute atomic E-state index is 11.8. The minimum absolute atomic E-state index is 0.181. The molecule has 1 fully saturated rings. The Labute approximate surface area is 140 Å². The van der Waals surface area contributed by atoms with Crippen molar-refractivity contribution in [2.24, 2.45) is 0 Å². The van der Waals surface area contributed by atoms with Crippen LogP contribution in [0, 0.1) is 0 Å². The number of allylic oxidation sites excluding steroid dienone is 2. The van der Waals surface area contributed by atoms with Gasteiger partial charge in [0, 0.05) is 0 Å². The summed E-state index contributed by atoms with van der Waals surface area (Å²) < 4.78 is 10.8. The van der Waals surface area contributed by atoms with E-state index in [1.54, 1.807) is 6.08 Å². The molecule has 0 aliphatic carbocycles. The molecule has 0 aromatic heterocycles. The van der Waals surface area contributed by atoms with Gasteiger partial charge < -0.3 is 9.16 Å². The van der Waals surface area contributed by atoms with Crippen LogP contribution in [0.1, 0.15) is 40.5 Å². The van der Waals surface area contributed by atoms with E-state index < -0.39 is 14.4 Å². The molecule has 1 aliphatic rings. The number of cyclic esters (lactones) is 1. The number of carbonyl (C=O) groups excluding carboxylic acids is 2. The van der Waals surface area contributed by atoms with E-state index in [0.29, 0.717) is 6.54 Å². The summed E-state index contributed by atoms with van der Waals surface area (Å²) in [4.78, 5) is 24.1. The molecule has 1 aliphatic heterocycles. The Morgan fingerprint density at radius 3 is 2.57 bits per heavy atom. The Bertz CT molecular complexity index is 503. The van der Waals surface area contributed by atoms with Gasteiger partial charge in [-0.3, -0.25) is 4.79 Å². The third kappa shape index (κ3) is 5.86. The molecule has 23 heavy (non-hydrogen) atoms. The fraction of sp³-hybridized carbons (Fsp3) is 0.647. The molecule has 1 heterocycles. The number of imide groups is 1. The predicted octanol–water partition coefficient (Wildman–Crippen LogP) is 4.23. The molecule has 1 rings (SSSR count). The topological polar surface area (TPSA) is 55.8 Å². The standard InChI is InChI=1S/C17H29NO4Si/c1-14(13-22-23(5,6)17(2,3)4)9-7-8-10-15(19)18-11-12-21-16(18)20/h8,10,13H,7,9,11-12H2,1-6H3/b10-8+,14-13-. The minimum Gasteiger partial charge on any atom is -0.549 e. The van der Waals surface area contributed by atoms with Crippen LogP contribution in [0.4, 0.5) is 4.79 Å². The number of hydrogen-bond donors (Lipinski definition) is 0. The van der Waals surface area contributed by atoms with Gasteiger partial charge in [-0.25, -0.2) is 9.69 Å². The summed E-state index contributed by atoms with van der Waals surface area (Å²) in [6, 6.07) is 0. The largest absolute Gasteiger partial charge is 0.549 e. The van der Waals surface area contributed by atoms with Crippen molar-refractivity contribution in [1.29, 1.82) is 0 Å². The SMILES string of the molecule is C/C(=C/O[Si](C)(C)C(C)(C)C)CC/C=C/C(=O)N1CCOC1=O. The van der Waals surface area contributed by atoms with Gasteiger partial charge in [-0.1, -0.05) is 26.8 Å². The zero-order valence-electron chi connectivity index (χ0n) is 15.1. The maximum atomic E-state index is 11.8. The molecule has 0 bridgehead atoms. The first-order valence-corrected chi connectivity index (χ1v) is 10.9. The number of carbonyl (C=O) groups is 2. The van der Waals surface area contributed by atoms with Gasteiger partial charge >= 0.3 is 6.09 Å². The van der Waals surface area contributed by atoms with Crippen LogP contribution in [0.3, 0.4) is 0 Å². The summed E-state index contributed by atoms with van der Waals surface area (Å²) in [5.74, 6) is -0.313. The second-order valence-electron chi connectivity index (χ2n) is 7.39. The van der Waals surface area contributed by atoms with Gasteiger partial charge in [0.05, 0.1) is 12.8 Å². The first-order chi connectivity index (χ1) is 10.5. The molecule has 6 heteroatoms. The van der Waals surface area contributed by atoms with Crippen molar-refractivity contribution in [3.8, 4) is 0 Å². The van der Waals surface area contributed by atoms with E-state index in [0.717, 1.165) is 23.3 Å². The molecule has 1 saturated heterocycles. The van der Waals surface area contributed by atoms with Crippen molar-refractivity contribution < 1.29 is 18.8 Å². The van der Waals surface area contributed by atoms with Crippen molar-refractivity contribution in [2.75, 3.05) is 13.2 Å². The Hall–Kier alpha value is -1.56. The van der Waals surface area contributed by atoms with Crippen LogP contribution in [-0.4, -0.2) is 38.4 Å². The molecule has 2 amide bonds. The van der Waals surface area contributed by atoms with E-state index in [-0.39, 0.29) is 17.6 Å². The zero-order chi connectivity index (χ0) is 17.7. The van der Waals surface area contributed by atoms with Gasteiger partial charge in [0.1, 0.15) is 6.61 Å². The first kappa shape index (κ1) is 19.5. The number of rotatable bonds is 6. The summed E-state index contributed by atoms with van der Waals surface area (Å²) in [7, 11) is -1.77. The van der Waals surface area contributed by atoms with Gasteiger partial charge in [-0.2, -0.15) is 0 Å². The maximum Gasteiger partial charge on any atom is 0.416 e. The lowest BCUT2D eigenvalue weighted by Gasteiger charge is -2.35. The molecule has 0 unspecified atom stereocenters. The molecule has 0 saturated carbocycles. The predicted molar refractivity (Wildman–Crippen MR) is 93.5 cm³/mol. The molecule has 0 radical (unpaired) electrons. The van der Waals surface area contributed by atoms with Crippen molar-refractivity contribution >= 4 is 20.3 Å². The molecule has 0 aromatic rings. The van der Waals surface area contributed by atoms with Crippen molar-refractivity contribution in [3.63, 3.8) is 0 Å². The lowest BCUT2D eigenvalue weighted by atomic mass is 10.2. The monoisotopic (exact) mass is 339 g/mol. The van der Waals surface area contributed by atoms with Crippen molar-refractivity contribution in [2.45, 2.75) is 58.7 Å². The van der Waals surface area contributed by atoms with Crippen LogP contribution >= 0.6 is 0 Å². The Morgan fingerprint density at radius 1 is 1.39 bits per heavy atom. The second-order valence-corrected chi connectivity index (χ2v) is 12.1. The molecular formula is C17H29NO4Si.